The number of carbonyl (C=O) groups is 3. The predicted octanol–water partition coefficient (Wildman–Crippen LogP) is 6.73. The Hall–Kier alpha value is -2.97. The molecule has 0 aromatic carbocycles. The number of ether oxygens (including phenoxy) is 3. The van der Waals surface area contributed by atoms with Crippen LogP contribution in [-0.2, 0) is 28.6 Å². The van der Waals surface area contributed by atoms with Crippen LogP contribution in [0.1, 0.15) is 84.5 Å². The van der Waals surface area contributed by atoms with E-state index in [0.29, 0.717) is 19.3 Å². The Morgan fingerprint density at radius 2 is 1.26 bits per heavy atom. The molecule has 0 spiro atoms. The lowest BCUT2D eigenvalue weighted by molar-refractivity contribution is -0.887. The average molecular weight is 591 g/mol. The second kappa shape index (κ2) is 25.7. The van der Waals surface area contributed by atoms with Gasteiger partial charge in [0.2, 0.25) is 0 Å². The highest BCUT2D eigenvalue weighted by Gasteiger charge is 2.31. The molecule has 0 heterocycles. The maximum absolute atomic E-state index is 12.4. The Balaban J connectivity index is 4.66. The van der Waals surface area contributed by atoms with Gasteiger partial charge in [0.1, 0.15) is 6.61 Å². The van der Waals surface area contributed by atoms with Crippen LogP contribution in [0, 0.1) is 0 Å². The molecule has 0 aromatic heterocycles. The molecule has 0 fully saturated rings. The monoisotopic (exact) mass is 590 g/mol. The fourth-order valence-electron chi connectivity index (χ4n) is 3.82. The van der Waals surface area contributed by atoms with Crippen molar-refractivity contribution in [3.05, 3.63) is 60.8 Å². The molecule has 0 rings (SSSR count). The number of likely N-dealkylation sites (N-methyl/N-ethyl adjacent to an activating group) is 1. The quantitative estimate of drug-likeness (QED) is 0.0545. The summed E-state index contributed by atoms with van der Waals surface area (Å²) in [6.45, 7) is 4.29. The van der Waals surface area contributed by atoms with Crippen LogP contribution in [0.4, 0.5) is 0 Å². The molecule has 0 amide bonds. The van der Waals surface area contributed by atoms with Crippen molar-refractivity contribution >= 4 is 17.9 Å². The zero-order valence-corrected chi connectivity index (χ0v) is 26.7. The average Bonchev–Trinajstić information content (AvgIpc) is 2.92. The van der Waals surface area contributed by atoms with Crippen LogP contribution in [0.5, 0.6) is 0 Å². The van der Waals surface area contributed by atoms with Gasteiger partial charge in [0.15, 0.2) is 12.1 Å². The third-order valence-electron chi connectivity index (χ3n) is 6.18. The van der Waals surface area contributed by atoms with E-state index in [-0.39, 0.29) is 43.1 Å². The van der Waals surface area contributed by atoms with Crippen molar-refractivity contribution in [3.8, 4) is 0 Å². The summed E-state index contributed by atoms with van der Waals surface area (Å²) in [6, 6.07) is -0.629. The molecule has 0 saturated carbocycles. The Morgan fingerprint density at radius 3 is 1.81 bits per heavy atom. The molecule has 0 aliphatic heterocycles. The molecule has 0 radical (unpaired) electrons. The van der Waals surface area contributed by atoms with E-state index in [1.807, 2.05) is 33.3 Å². The number of carbonyl (C=O) groups excluding carboxylic acids is 2. The zero-order chi connectivity index (χ0) is 31.5. The second-order valence-corrected chi connectivity index (χ2v) is 10.9. The summed E-state index contributed by atoms with van der Waals surface area (Å²) in [4.78, 5) is 36.3. The van der Waals surface area contributed by atoms with Crippen molar-refractivity contribution in [3.63, 3.8) is 0 Å². The van der Waals surface area contributed by atoms with Crippen LogP contribution in [0.2, 0.25) is 0 Å². The standard InChI is InChI=1S/C34H55NO7/c1-6-8-10-12-14-15-16-17-19-20-22-24-32(36)41-29-30(28-40-27-26-31(34(38)39)35(3,4)5)42-33(37)25-23-21-18-13-11-9-7-2/h8-11,14-15,17-19,21,30-31H,6-7,12-13,16,20,22-29H2,1-5H3/p+1/b10-8+,11-9+,15-14+,19-17+,21-18+. The van der Waals surface area contributed by atoms with E-state index in [1.54, 1.807) is 0 Å². The summed E-state index contributed by atoms with van der Waals surface area (Å²) in [5, 5.41) is 9.51. The van der Waals surface area contributed by atoms with E-state index < -0.39 is 24.1 Å². The fourth-order valence-corrected chi connectivity index (χ4v) is 3.82. The van der Waals surface area contributed by atoms with E-state index >= 15 is 0 Å². The van der Waals surface area contributed by atoms with Gasteiger partial charge >= 0.3 is 17.9 Å². The lowest BCUT2D eigenvalue weighted by atomic mass is 10.1. The Kier molecular flexibility index (Phi) is 23.9. The molecule has 8 nitrogen and oxygen atoms in total. The third-order valence-corrected chi connectivity index (χ3v) is 6.18. The highest BCUT2D eigenvalue weighted by Crippen LogP contribution is 2.10. The van der Waals surface area contributed by atoms with Crippen molar-refractivity contribution in [2.75, 3.05) is 41.0 Å². The first kappa shape index (κ1) is 39.0. The number of unbranched alkanes of at least 4 members (excludes halogenated alkanes) is 1. The van der Waals surface area contributed by atoms with E-state index in [9.17, 15) is 19.5 Å². The van der Waals surface area contributed by atoms with Gasteiger partial charge in [-0.1, -0.05) is 74.6 Å². The van der Waals surface area contributed by atoms with Crippen LogP contribution in [0.3, 0.4) is 0 Å². The molecular formula is C34H56NO7+. The Morgan fingerprint density at radius 1 is 0.714 bits per heavy atom. The molecular weight excluding hydrogens is 534 g/mol. The number of rotatable bonds is 25. The molecule has 0 saturated heterocycles. The second-order valence-electron chi connectivity index (χ2n) is 10.9. The van der Waals surface area contributed by atoms with E-state index in [0.717, 1.165) is 38.5 Å². The van der Waals surface area contributed by atoms with Gasteiger partial charge in [-0.05, 0) is 51.4 Å². The van der Waals surface area contributed by atoms with Gasteiger partial charge in [0, 0.05) is 19.3 Å². The summed E-state index contributed by atoms with van der Waals surface area (Å²) >= 11 is 0. The first-order valence-electron chi connectivity index (χ1n) is 15.3. The molecule has 1 N–H and O–H groups in total. The minimum absolute atomic E-state index is 0.0185. The fraction of sp³-hybridized carbons (Fsp3) is 0.618. The van der Waals surface area contributed by atoms with Crippen LogP contribution in [-0.4, -0.2) is 80.6 Å². The molecule has 8 heteroatoms. The highest BCUT2D eigenvalue weighted by atomic mass is 16.6. The minimum Gasteiger partial charge on any atom is -0.477 e. The zero-order valence-electron chi connectivity index (χ0n) is 26.7. The summed E-state index contributed by atoms with van der Waals surface area (Å²) in [6.07, 6.45) is 27.5. The lowest BCUT2D eigenvalue weighted by Crippen LogP contribution is -2.50. The van der Waals surface area contributed by atoms with Gasteiger partial charge in [-0.25, -0.2) is 4.79 Å². The number of esters is 2. The predicted molar refractivity (Wildman–Crippen MR) is 169 cm³/mol. The smallest absolute Gasteiger partial charge is 0.362 e. The maximum Gasteiger partial charge on any atom is 0.362 e. The van der Waals surface area contributed by atoms with Crippen molar-refractivity contribution in [2.45, 2.75) is 96.6 Å². The van der Waals surface area contributed by atoms with Gasteiger partial charge < -0.3 is 23.8 Å². The van der Waals surface area contributed by atoms with Crippen LogP contribution in [0.15, 0.2) is 60.8 Å². The Bertz CT molecular complexity index is 881. The van der Waals surface area contributed by atoms with Crippen LogP contribution in [0.25, 0.3) is 0 Å². The first-order chi connectivity index (χ1) is 20.1. The minimum atomic E-state index is -0.896. The summed E-state index contributed by atoms with van der Waals surface area (Å²) < 4.78 is 16.9. The molecule has 2 atom stereocenters. The van der Waals surface area contributed by atoms with Crippen LogP contribution < -0.4 is 0 Å². The van der Waals surface area contributed by atoms with E-state index in [1.165, 1.54) is 0 Å². The number of aliphatic carboxylic acids is 1. The van der Waals surface area contributed by atoms with Gasteiger partial charge in [-0.2, -0.15) is 0 Å². The summed E-state index contributed by atoms with van der Waals surface area (Å²) in [7, 11) is 5.45. The molecule has 0 aromatic rings. The molecule has 0 aliphatic rings. The van der Waals surface area contributed by atoms with Crippen LogP contribution >= 0.6 is 0 Å². The van der Waals surface area contributed by atoms with E-state index in [4.69, 9.17) is 14.2 Å². The topological polar surface area (TPSA) is 99.1 Å². The molecule has 0 aliphatic carbocycles. The van der Waals surface area contributed by atoms with Gasteiger partial charge in [0.05, 0.1) is 34.4 Å². The maximum atomic E-state index is 12.4. The number of allylic oxidation sites excluding steroid dienone is 10. The summed E-state index contributed by atoms with van der Waals surface area (Å²) in [5.74, 6) is -1.65. The third kappa shape index (κ3) is 23.7. The molecule has 2 unspecified atom stereocenters. The van der Waals surface area contributed by atoms with Gasteiger partial charge in [-0.15, -0.1) is 0 Å². The SMILES string of the molecule is CC/C=C/C/C=C/C/C=C/CCCC(=O)OCC(COCCC(C(=O)O)[N+](C)(C)C)OC(=O)CC/C=C/C/C=C/CC. The van der Waals surface area contributed by atoms with Crippen molar-refractivity contribution in [1.82, 2.24) is 0 Å². The van der Waals surface area contributed by atoms with E-state index in [2.05, 4.69) is 62.5 Å². The number of hydrogen-bond acceptors (Lipinski definition) is 6. The first-order valence-corrected chi connectivity index (χ1v) is 15.3. The normalized spacial score (nSPS) is 14.0. The highest BCUT2D eigenvalue weighted by molar-refractivity contribution is 5.72. The number of hydrogen-bond donors (Lipinski definition) is 1. The molecule has 42 heavy (non-hydrogen) atoms. The number of carboxylic acids is 1. The Labute approximate surface area is 254 Å². The number of quaternary nitrogens is 1. The molecule has 0 bridgehead atoms. The number of nitrogens with zero attached hydrogens (tertiary/aromatic N) is 1. The van der Waals surface area contributed by atoms with Crippen molar-refractivity contribution in [1.29, 1.82) is 0 Å². The van der Waals surface area contributed by atoms with Crippen molar-refractivity contribution in [2.24, 2.45) is 0 Å². The lowest BCUT2D eigenvalue weighted by Gasteiger charge is -2.31. The van der Waals surface area contributed by atoms with Gasteiger partial charge in [-0.3, -0.25) is 9.59 Å². The van der Waals surface area contributed by atoms with Crippen molar-refractivity contribution < 1.29 is 38.2 Å². The van der Waals surface area contributed by atoms with Gasteiger partial charge in [0.25, 0.3) is 0 Å². The largest absolute Gasteiger partial charge is 0.477 e. The summed E-state index contributed by atoms with van der Waals surface area (Å²) in [5.41, 5.74) is 0. The molecule has 238 valence electrons. The number of carboxylic acid groups (broad SMARTS) is 1.